The number of carbonyl (C=O) groups excluding carboxylic acids is 2. The Kier molecular flexibility index (Phi) is 6.86. The van der Waals surface area contributed by atoms with Crippen LogP contribution in [-0.2, 0) is 23.1 Å². The SMILES string of the molecule is C[C@H]1CCc2c(sc(NC(=O)CCCOc3ccc(C(C)(C)C)cc3)c2C(N)=O)C1. The van der Waals surface area contributed by atoms with Gasteiger partial charge in [-0.05, 0) is 60.3 Å². The van der Waals surface area contributed by atoms with E-state index in [0.29, 0.717) is 35.9 Å². The Hall–Kier alpha value is -2.34. The molecule has 0 unspecified atom stereocenters. The fraction of sp³-hybridized carbons (Fsp3) is 0.500. The van der Waals surface area contributed by atoms with Gasteiger partial charge in [0.25, 0.3) is 5.91 Å². The van der Waals surface area contributed by atoms with E-state index < -0.39 is 5.91 Å². The van der Waals surface area contributed by atoms with Crippen LogP contribution in [0.4, 0.5) is 5.00 Å². The van der Waals surface area contributed by atoms with Gasteiger partial charge in [0.1, 0.15) is 10.8 Å². The summed E-state index contributed by atoms with van der Waals surface area (Å²) < 4.78 is 5.76. The van der Waals surface area contributed by atoms with Crippen molar-refractivity contribution < 1.29 is 14.3 Å². The van der Waals surface area contributed by atoms with Crippen LogP contribution < -0.4 is 15.8 Å². The third kappa shape index (κ3) is 5.42. The van der Waals surface area contributed by atoms with Gasteiger partial charge in [0.05, 0.1) is 12.2 Å². The van der Waals surface area contributed by atoms with E-state index in [1.54, 1.807) is 0 Å². The number of nitrogens with two attached hydrogens (primary N) is 1. The zero-order chi connectivity index (χ0) is 21.9. The van der Waals surface area contributed by atoms with Gasteiger partial charge in [0.15, 0.2) is 0 Å². The monoisotopic (exact) mass is 428 g/mol. The minimum absolute atomic E-state index is 0.111. The molecule has 1 heterocycles. The Balaban J connectivity index is 1.51. The average Bonchev–Trinajstić information content (AvgIpc) is 3.01. The zero-order valence-electron chi connectivity index (χ0n) is 18.3. The Bertz CT molecular complexity index is 910. The van der Waals surface area contributed by atoms with Crippen LogP contribution in [0.2, 0.25) is 0 Å². The smallest absolute Gasteiger partial charge is 0.251 e. The van der Waals surface area contributed by atoms with Gasteiger partial charge in [-0.1, -0.05) is 39.8 Å². The molecule has 0 radical (unpaired) electrons. The molecule has 1 aliphatic carbocycles. The zero-order valence-corrected chi connectivity index (χ0v) is 19.2. The summed E-state index contributed by atoms with van der Waals surface area (Å²) in [5, 5.41) is 3.51. The third-order valence-electron chi connectivity index (χ3n) is 5.55. The fourth-order valence-electron chi connectivity index (χ4n) is 3.76. The van der Waals surface area contributed by atoms with Crippen LogP contribution in [0.3, 0.4) is 0 Å². The molecule has 1 aromatic carbocycles. The van der Waals surface area contributed by atoms with E-state index in [2.05, 4.69) is 45.1 Å². The number of hydrogen-bond acceptors (Lipinski definition) is 4. The molecule has 5 nitrogen and oxygen atoms in total. The molecule has 3 rings (SSSR count). The molecule has 2 aromatic rings. The molecule has 0 saturated carbocycles. The normalized spacial score (nSPS) is 16.1. The average molecular weight is 429 g/mol. The summed E-state index contributed by atoms with van der Waals surface area (Å²) in [6.45, 7) is 9.20. The summed E-state index contributed by atoms with van der Waals surface area (Å²) >= 11 is 1.50. The number of rotatable bonds is 7. The second-order valence-electron chi connectivity index (χ2n) is 9.19. The Morgan fingerprint density at radius 1 is 1.23 bits per heavy atom. The predicted molar refractivity (Wildman–Crippen MR) is 123 cm³/mol. The maximum absolute atomic E-state index is 12.4. The Morgan fingerprint density at radius 2 is 1.93 bits per heavy atom. The molecule has 30 heavy (non-hydrogen) atoms. The van der Waals surface area contributed by atoms with E-state index in [1.807, 2.05) is 12.1 Å². The first-order valence-corrected chi connectivity index (χ1v) is 11.4. The standard InChI is InChI=1S/C24H32N2O3S/c1-15-7-12-18-19(14-15)30-23(21(18)22(25)28)26-20(27)6-5-13-29-17-10-8-16(9-11-17)24(2,3)4/h8-11,15H,5-7,12-14H2,1-4H3,(H2,25,28)(H,26,27)/t15-/m0/s1. The molecular weight excluding hydrogens is 396 g/mol. The van der Waals surface area contributed by atoms with E-state index in [-0.39, 0.29) is 11.3 Å². The van der Waals surface area contributed by atoms with Crippen molar-refractivity contribution in [2.24, 2.45) is 11.7 Å². The quantitative estimate of drug-likeness (QED) is 0.604. The first kappa shape index (κ1) is 22.3. The molecule has 0 bridgehead atoms. The van der Waals surface area contributed by atoms with Crippen molar-refractivity contribution in [3.8, 4) is 5.75 Å². The lowest BCUT2D eigenvalue weighted by Gasteiger charge is -2.19. The number of hydrogen-bond donors (Lipinski definition) is 2. The van der Waals surface area contributed by atoms with Crippen LogP contribution >= 0.6 is 11.3 Å². The van der Waals surface area contributed by atoms with Gasteiger partial charge >= 0.3 is 0 Å². The number of amides is 2. The van der Waals surface area contributed by atoms with Gasteiger partial charge in [-0.2, -0.15) is 0 Å². The molecule has 0 aliphatic heterocycles. The predicted octanol–water partition coefficient (Wildman–Crippen LogP) is 5.07. The first-order valence-electron chi connectivity index (χ1n) is 10.6. The lowest BCUT2D eigenvalue weighted by Crippen LogP contribution is -2.19. The summed E-state index contributed by atoms with van der Waals surface area (Å²) in [5.41, 5.74) is 8.52. The van der Waals surface area contributed by atoms with E-state index in [4.69, 9.17) is 10.5 Å². The van der Waals surface area contributed by atoms with Crippen LogP contribution in [-0.4, -0.2) is 18.4 Å². The number of nitrogens with one attached hydrogen (secondary N) is 1. The van der Waals surface area contributed by atoms with Gasteiger partial charge in [-0.3, -0.25) is 9.59 Å². The summed E-state index contributed by atoms with van der Waals surface area (Å²) in [6.07, 6.45) is 3.77. The number of anilines is 1. The van der Waals surface area contributed by atoms with Crippen molar-refractivity contribution in [2.45, 2.75) is 65.2 Å². The molecule has 0 fully saturated rings. The maximum Gasteiger partial charge on any atom is 0.251 e. The highest BCUT2D eigenvalue weighted by Gasteiger charge is 2.27. The van der Waals surface area contributed by atoms with Crippen LogP contribution in [0.1, 0.15) is 73.3 Å². The molecule has 1 atom stereocenters. The molecule has 2 amide bonds. The van der Waals surface area contributed by atoms with Crippen molar-refractivity contribution in [3.63, 3.8) is 0 Å². The molecule has 1 aliphatic rings. The summed E-state index contributed by atoms with van der Waals surface area (Å²) in [4.78, 5) is 25.6. The van der Waals surface area contributed by atoms with Gasteiger partial charge in [0.2, 0.25) is 5.91 Å². The van der Waals surface area contributed by atoms with Gasteiger partial charge in [-0.15, -0.1) is 11.3 Å². The van der Waals surface area contributed by atoms with Crippen molar-refractivity contribution in [2.75, 3.05) is 11.9 Å². The molecular formula is C24H32N2O3S. The van der Waals surface area contributed by atoms with Crippen molar-refractivity contribution in [3.05, 3.63) is 45.8 Å². The van der Waals surface area contributed by atoms with E-state index in [9.17, 15) is 9.59 Å². The Morgan fingerprint density at radius 3 is 2.57 bits per heavy atom. The number of carbonyl (C=O) groups is 2. The Labute approximate surface area is 183 Å². The number of benzene rings is 1. The van der Waals surface area contributed by atoms with Crippen LogP contribution in [0.5, 0.6) is 5.75 Å². The van der Waals surface area contributed by atoms with Crippen LogP contribution in [0.25, 0.3) is 0 Å². The highest BCUT2D eigenvalue weighted by molar-refractivity contribution is 7.17. The topological polar surface area (TPSA) is 81.4 Å². The van der Waals surface area contributed by atoms with Crippen LogP contribution in [0.15, 0.2) is 24.3 Å². The maximum atomic E-state index is 12.4. The van der Waals surface area contributed by atoms with E-state index in [1.165, 1.54) is 21.8 Å². The van der Waals surface area contributed by atoms with Crippen molar-refractivity contribution >= 4 is 28.2 Å². The summed E-state index contributed by atoms with van der Waals surface area (Å²) in [6, 6.07) is 8.09. The molecule has 1 aromatic heterocycles. The number of thiophene rings is 1. The van der Waals surface area contributed by atoms with Gasteiger partial charge in [0, 0.05) is 11.3 Å². The first-order chi connectivity index (χ1) is 14.1. The second kappa shape index (κ2) is 9.21. The van der Waals surface area contributed by atoms with E-state index in [0.717, 1.165) is 30.6 Å². The number of ether oxygens (including phenoxy) is 1. The van der Waals surface area contributed by atoms with Crippen molar-refractivity contribution in [1.82, 2.24) is 0 Å². The van der Waals surface area contributed by atoms with Crippen LogP contribution in [0, 0.1) is 5.92 Å². The molecule has 162 valence electrons. The summed E-state index contributed by atoms with van der Waals surface area (Å²) in [5.74, 6) is 0.824. The third-order valence-corrected chi connectivity index (χ3v) is 6.72. The highest BCUT2D eigenvalue weighted by Crippen LogP contribution is 2.39. The second-order valence-corrected chi connectivity index (χ2v) is 10.3. The molecule has 0 saturated heterocycles. The molecule has 6 heteroatoms. The van der Waals surface area contributed by atoms with Crippen molar-refractivity contribution in [1.29, 1.82) is 0 Å². The molecule has 0 spiro atoms. The fourth-order valence-corrected chi connectivity index (χ4v) is 5.19. The lowest BCUT2D eigenvalue weighted by atomic mass is 9.87. The summed E-state index contributed by atoms with van der Waals surface area (Å²) in [7, 11) is 0. The molecule has 3 N–H and O–H groups in total. The minimum Gasteiger partial charge on any atom is -0.494 e. The van der Waals surface area contributed by atoms with Gasteiger partial charge in [-0.25, -0.2) is 0 Å². The van der Waals surface area contributed by atoms with Gasteiger partial charge < -0.3 is 15.8 Å². The van der Waals surface area contributed by atoms with E-state index >= 15 is 0 Å². The lowest BCUT2D eigenvalue weighted by molar-refractivity contribution is -0.116. The highest BCUT2D eigenvalue weighted by atomic mass is 32.1. The number of primary amides is 1. The number of fused-ring (bicyclic) bond motifs is 1. The minimum atomic E-state index is -0.459. The largest absolute Gasteiger partial charge is 0.494 e.